The van der Waals surface area contributed by atoms with Gasteiger partial charge in [0.1, 0.15) is 11.5 Å². The van der Waals surface area contributed by atoms with Gasteiger partial charge in [-0.3, -0.25) is 25.8 Å². The lowest BCUT2D eigenvalue weighted by molar-refractivity contribution is -0.115. The number of methoxy groups -OCH3 is 1. The lowest BCUT2D eigenvalue weighted by atomic mass is 10.0. The molecule has 12 heteroatoms. The molecule has 11 nitrogen and oxygen atoms in total. The van der Waals surface area contributed by atoms with Crippen LogP contribution < -0.4 is 21.2 Å². The molecular weight excluding hydrogens is 496 g/mol. The van der Waals surface area contributed by atoms with Crippen LogP contribution in [0, 0.1) is 5.41 Å². The Bertz CT molecular complexity index is 1240. The number of nitrogens with zero attached hydrogens (tertiary/aromatic N) is 2. The Morgan fingerprint density at radius 2 is 1.89 bits per heavy atom. The topological polar surface area (TPSA) is 167 Å². The molecule has 0 heterocycles. The lowest BCUT2D eigenvalue weighted by Gasteiger charge is -2.19. The van der Waals surface area contributed by atoms with Crippen molar-refractivity contribution in [1.29, 1.82) is 5.41 Å². The normalized spacial score (nSPS) is 12.4. The van der Waals surface area contributed by atoms with Gasteiger partial charge in [-0.2, -0.15) is 0 Å². The predicted molar refractivity (Wildman–Crippen MR) is 143 cm³/mol. The van der Waals surface area contributed by atoms with Gasteiger partial charge in [0, 0.05) is 32.6 Å². The Hall–Kier alpha value is -3.61. The molecule has 0 spiro atoms. The van der Waals surface area contributed by atoms with Crippen molar-refractivity contribution in [3.05, 3.63) is 59.2 Å². The predicted octanol–water partition coefficient (Wildman–Crippen LogP) is 1.14. The molecule has 0 aliphatic rings. The van der Waals surface area contributed by atoms with Gasteiger partial charge in [-0.1, -0.05) is 31.2 Å². The van der Waals surface area contributed by atoms with Crippen molar-refractivity contribution in [1.82, 2.24) is 15.6 Å². The van der Waals surface area contributed by atoms with E-state index >= 15 is 0 Å². The monoisotopic (exact) mass is 530 g/mol. The van der Waals surface area contributed by atoms with E-state index in [-0.39, 0.29) is 41.6 Å². The minimum Gasteiger partial charge on any atom is -0.496 e. The summed E-state index contributed by atoms with van der Waals surface area (Å²) in [4.78, 5) is 29.2. The van der Waals surface area contributed by atoms with E-state index < -0.39 is 27.7 Å². The van der Waals surface area contributed by atoms with Crippen molar-refractivity contribution in [3.8, 4) is 5.75 Å². The molecule has 1 atom stereocenters. The average Bonchev–Trinajstić information content (AvgIpc) is 2.87. The zero-order valence-corrected chi connectivity index (χ0v) is 22.3. The van der Waals surface area contributed by atoms with E-state index in [9.17, 15) is 18.0 Å². The number of carbonyl (C=O) groups excluding carboxylic acids is 2. The number of nitrogens with two attached hydrogens (primary N) is 1. The molecule has 2 rings (SSSR count). The second-order valence-corrected chi connectivity index (χ2v) is 10.3. The first-order valence-electron chi connectivity index (χ1n) is 11.6. The SMILES string of the molecule is CCc1ccc(C(C=NC)NC(=O)C(=N)CN(N)CCNC(=O)c2cc(S(C)(=O)=O)ccc2OC)cc1. The van der Waals surface area contributed by atoms with Gasteiger partial charge in [0.15, 0.2) is 9.84 Å². The molecule has 37 heavy (non-hydrogen) atoms. The maximum Gasteiger partial charge on any atom is 0.267 e. The third-order valence-electron chi connectivity index (χ3n) is 5.50. The van der Waals surface area contributed by atoms with Crippen LogP contribution in [0.2, 0.25) is 0 Å². The number of hydrogen-bond acceptors (Lipinski definition) is 9. The number of hydrogen-bond donors (Lipinski definition) is 4. The van der Waals surface area contributed by atoms with Crippen molar-refractivity contribution < 1.29 is 22.7 Å². The summed E-state index contributed by atoms with van der Waals surface area (Å²) in [5.41, 5.74) is 1.82. The van der Waals surface area contributed by atoms with Crippen LogP contribution in [-0.2, 0) is 21.1 Å². The minimum atomic E-state index is -3.51. The molecule has 0 bridgehead atoms. The summed E-state index contributed by atoms with van der Waals surface area (Å²) in [5.74, 6) is 5.03. The summed E-state index contributed by atoms with van der Waals surface area (Å²) in [6, 6.07) is 11.3. The third-order valence-corrected chi connectivity index (χ3v) is 6.61. The van der Waals surface area contributed by atoms with E-state index in [4.69, 9.17) is 16.0 Å². The molecule has 0 radical (unpaired) electrons. The molecular formula is C25H34N6O5S. The smallest absolute Gasteiger partial charge is 0.267 e. The molecule has 0 aromatic heterocycles. The Kier molecular flexibility index (Phi) is 10.9. The second kappa shape index (κ2) is 13.6. The fourth-order valence-corrected chi connectivity index (χ4v) is 4.05. The van der Waals surface area contributed by atoms with Crippen LogP contribution in [0.15, 0.2) is 52.4 Å². The number of amides is 2. The molecule has 200 valence electrons. The minimum absolute atomic E-state index is 0.00825. The summed E-state index contributed by atoms with van der Waals surface area (Å²) in [5, 5.41) is 14.8. The van der Waals surface area contributed by atoms with Crippen LogP contribution in [0.5, 0.6) is 5.75 Å². The van der Waals surface area contributed by atoms with Gasteiger partial charge < -0.3 is 15.4 Å². The van der Waals surface area contributed by atoms with Crippen molar-refractivity contribution >= 4 is 33.6 Å². The van der Waals surface area contributed by atoms with Crippen molar-refractivity contribution in [3.63, 3.8) is 0 Å². The maximum atomic E-state index is 12.6. The molecule has 2 aromatic rings. The Morgan fingerprint density at radius 1 is 1.22 bits per heavy atom. The van der Waals surface area contributed by atoms with Crippen molar-refractivity contribution in [2.24, 2.45) is 10.8 Å². The molecule has 0 aliphatic heterocycles. The van der Waals surface area contributed by atoms with Gasteiger partial charge in [-0.05, 0) is 35.7 Å². The number of aryl methyl sites for hydroxylation is 1. The number of ether oxygens (including phenoxy) is 1. The van der Waals surface area contributed by atoms with Gasteiger partial charge in [-0.15, -0.1) is 0 Å². The van der Waals surface area contributed by atoms with Crippen molar-refractivity contribution in [2.75, 3.05) is 40.0 Å². The summed E-state index contributed by atoms with van der Waals surface area (Å²) >= 11 is 0. The van der Waals surface area contributed by atoms with E-state index in [1.54, 1.807) is 13.3 Å². The zero-order valence-electron chi connectivity index (χ0n) is 21.4. The van der Waals surface area contributed by atoms with Crippen LogP contribution in [0.4, 0.5) is 0 Å². The highest BCUT2D eigenvalue weighted by molar-refractivity contribution is 7.90. The summed E-state index contributed by atoms with van der Waals surface area (Å²) in [6.07, 6.45) is 3.54. The molecule has 0 saturated carbocycles. The molecule has 2 amide bonds. The maximum absolute atomic E-state index is 12.6. The number of benzene rings is 2. The zero-order chi connectivity index (χ0) is 27.6. The van der Waals surface area contributed by atoms with Crippen LogP contribution >= 0.6 is 0 Å². The first kappa shape index (κ1) is 29.6. The van der Waals surface area contributed by atoms with E-state index in [1.165, 1.54) is 35.9 Å². The van der Waals surface area contributed by atoms with Gasteiger partial charge in [-0.25, -0.2) is 13.4 Å². The quantitative estimate of drug-likeness (QED) is 0.171. The fraction of sp³-hybridized carbons (Fsp3) is 0.360. The molecule has 1 unspecified atom stereocenters. The van der Waals surface area contributed by atoms with Crippen LogP contribution in [0.1, 0.15) is 34.5 Å². The van der Waals surface area contributed by atoms with E-state index in [0.717, 1.165) is 18.2 Å². The third kappa shape index (κ3) is 8.77. The van der Waals surface area contributed by atoms with E-state index in [1.807, 2.05) is 24.3 Å². The van der Waals surface area contributed by atoms with Gasteiger partial charge >= 0.3 is 0 Å². The van der Waals surface area contributed by atoms with Crippen LogP contribution in [-0.4, -0.2) is 77.2 Å². The summed E-state index contributed by atoms with van der Waals surface area (Å²) < 4.78 is 28.8. The molecule has 2 aromatic carbocycles. The van der Waals surface area contributed by atoms with Crippen LogP contribution in [0.3, 0.4) is 0 Å². The van der Waals surface area contributed by atoms with Crippen molar-refractivity contribution in [2.45, 2.75) is 24.3 Å². The highest BCUT2D eigenvalue weighted by Crippen LogP contribution is 2.22. The molecule has 0 fully saturated rings. The van der Waals surface area contributed by atoms with Crippen LogP contribution in [0.25, 0.3) is 0 Å². The highest BCUT2D eigenvalue weighted by atomic mass is 32.2. The molecule has 0 aliphatic carbocycles. The lowest BCUT2D eigenvalue weighted by Crippen LogP contribution is -2.46. The first-order chi connectivity index (χ1) is 17.5. The standard InChI is InChI=1S/C25H34N6O5S/c1-5-17-6-8-18(9-7-17)22(15-28-2)30-25(33)21(26)16-31(27)13-12-29-24(32)20-14-19(37(4,34)35)10-11-23(20)36-3/h6-11,14-15,22,26H,5,12-13,16,27H2,1-4H3,(H,29,32)(H,30,33). The number of hydrazine groups is 1. The summed E-state index contributed by atoms with van der Waals surface area (Å²) in [7, 11) is -0.525. The fourth-order valence-electron chi connectivity index (χ4n) is 3.40. The van der Waals surface area contributed by atoms with Gasteiger partial charge in [0.2, 0.25) is 0 Å². The Morgan fingerprint density at radius 3 is 2.46 bits per heavy atom. The van der Waals surface area contributed by atoms with E-state index in [2.05, 4.69) is 22.5 Å². The van der Waals surface area contributed by atoms with E-state index in [0.29, 0.717) is 0 Å². The number of sulfone groups is 1. The van der Waals surface area contributed by atoms with Gasteiger partial charge in [0.05, 0.1) is 30.2 Å². The summed E-state index contributed by atoms with van der Waals surface area (Å²) in [6.45, 7) is 2.12. The first-order valence-corrected chi connectivity index (χ1v) is 13.4. The average molecular weight is 531 g/mol. The number of aliphatic imine (C=N–C) groups is 1. The molecule has 5 N–H and O–H groups in total. The second-order valence-electron chi connectivity index (χ2n) is 8.29. The Labute approximate surface area is 217 Å². The van der Waals surface area contributed by atoms with Gasteiger partial charge in [0.25, 0.3) is 11.8 Å². The number of carbonyl (C=O) groups is 2. The largest absolute Gasteiger partial charge is 0.496 e. The number of rotatable bonds is 13. The Balaban J connectivity index is 1.92. The highest BCUT2D eigenvalue weighted by Gasteiger charge is 2.19. The number of nitrogens with one attached hydrogen (secondary N) is 3. The molecule has 0 saturated heterocycles.